The molecule has 1 amide bonds. The number of methoxy groups -OCH3 is 1. The number of hydrogen-bond acceptors (Lipinski definition) is 4. The van der Waals surface area contributed by atoms with Gasteiger partial charge in [0.1, 0.15) is 11.6 Å². The predicted octanol–water partition coefficient (Wildman–Crippen LogP) is 4.12. The summed E-state index contributed by atoms with van der Waals surface area (Å²) < 4.78 is 31.5. The van der Waals surface area contributed by atoms with E-state index in [-0.39, 0.29) is 17.7 Å². The van der Waals surface area contributed by atoms with E-state index in [0.717, 1.165) is 30.5 Å². The van der Waals surface area contributed by atoms with Crippen LogP contribution in [0.25, 0.3) is 0 Å². The van der Waals surface area contributed by atoms with E-state index in [1.54, 1.807) is 36.9 Å². The summed E-state index contributed by atoms with van der Waals surface area (Å²) in [4.78, 5) is 12.1. The minimum atomic E-state index is -0.451. The molecule has 2 aromatic rings. The quantitative estimate of drug-likeness (QED) is 0.282. The monoisotopic (exact) mass is 406 g/mol. The average molecular weight is 406 g/mol. The van der Waals surface area contributed by atoms with E-state index in [0.29, 0.717) is 19.4 Å². The van der Waals surface area contributed by atoms with Gasteiger partial charge in [0.25, 0.3) is 0 Å². The van der Waals surface area contributed by atoms with E-state index in [1.807, 2.05) is 0 Å². The molecule has 0 unspecified atom stereocenters. The van der Waals surface area contributed by atoms with Crippen LogP contribution in [0, 0.1) is 17.6 Å². The molecule has 0 saturated carbocycles. The second kappa shape index (κ2) is 12.3. The first-order valence-corrected chi connectivity index (χ1v) is 9.71. The summed E-state index contributed by atoms with van der Waals surface area (Å²) in [6.45, 7) is 1.41. The van der Waals surface area contributed by atoms with Crippen molar-refractivity contribution < 1.29 is 23.5 Å². The molecule has 0 aromatic heterocycles. The maximum atomic E-state index is 13.1. The number of ether oxygens (including phenoxy) is 1. The van der Waals surface area contributed by atoms with Crippen molar-refractivity contribution in [2.45, 2.75) is 38.3 Å². The number of hydroxylamine groups is 1. The van der Waals surface area contributed by atoms with Crippen molar-refractivity contribution in [1.82, 2.24) is 10.8 Å². The molecule has 2 aromatic carbocycles. The van der Waals surface area contributed by atoms with Crippen LogP contribution in [-0.4, -0.2) is 24.8 Å². The number of carbonyl (C=O) groups excluding carboxylic acids is 1. The summed E-state index contributed by atoms with van der Waals surface area (Å²) in [5.74, 6) is -1.46. The normalized spacial score (nSPS) is 13.1. The SMILES string of the molecule is CO[C@H](C[C@H](CCCCNCc1ccc(F)cc1)C(=O)NO)c1ccc(F)cc1. The number of benzene rings is 2. The minimum absolute atomic E-state index is 0.253. The molecular weight excluding hydrogens is 378 g/mol. The van der Waals surface area contributed by atoms with E-state index in [9.17, 15) is 13.6 Å². The largest absolute Gasteiger partial charge is 0.377 e. The maximum absolute atomic E-state index is 13.1. The van der Waals surface area contributed by atoms with Crippen LogP contribution in [0.4, 0.5) is 8.78 Å². The number of hydrogen-bond donors (Lipinski definition) is 3. The van der Waals surface area contributed by atoms with E-state index in [1.165, 1.54) is 24.3 Å². The number of rotatable bonds is 12. The predicted molar refractivity (Wildman–Crippen MR) is 106 cm³/mol. The Labute approximate surface area is 170 Å². The van der Waals surface area contributed by atoms with Crippen LogP contribution in [0.2, 0.25) is 0 Å². The van der Waals surface area contributed by atoms with Crippen molar-refractivity contribution in [3.8, 4) is 0 Å². The zero-order chi connectivity index (χ0) is 21.1. The van der Waals surface area contributed by atoms with Crippen LogP contribution < -0.4 is 10.8 Å². The molecule has 5 nitrogen and oxygen atoms in total. The summed E-state index contributed by atoms with van der Waals surface area (Å²) in [6, 6.07) is 12.3. The first-order valence-electron chi connectivity index (χ1n) is 9.71. The number of halogens is 2. The lowest BCUT2D eigenvalue weighted by molar-refractivity contribution is -0.135. The molecule has 7 heteroatoms. The fourth-order valence-electron chi connectivity index (χ4n) is 3.23. The lowest BCUT2D eigenvalue weighted by atomic mass is 9.91. The highest BCUT2D eigenvalue weighted by Crippen LogP contribution is 2.27. The Morgan fingerprint density at radius 3 is 2.24 bits per heavy atom. The molecule has 0 saturated heterocycles. The Balaban J connectivity index is 1.78. The van der Waals surface area contributed by atoms with Crippen LogP contribution in [0.1, 0.15) is 42.9 Å². The molecule has 0 bridgehead atoms. The van der Waals surface area contributed by atoms with E-state index in [4.69, 9.17) is 9.94 Å². The van der Waals surface area contributed by atoms with Gasteiger partial charge in [-0.1, -0.05) is 30.7 Å². The van der Waals surface area contributed by atoms with Crippen molar-refractivity contribution in [1.29, 1.82) is 0 Å². The van der Waals surface area contributed by atoms with E-state index < -0.39 is 11.8 Å². The van der Waals surface area contributed by atoms with Gasteiger partial charge in [0.05, 0.1) is 6.10 Å². The molecular formula is C22H28F2N2O3. The van der Waals surface area contributed by atoms with Crippen LogP contribution in [0.3, 0.4) is 0 Å². The Bertz CT molecular complexity index is 739. The summed E-state index contributed by atoms with van der Waals surface area (Å²) in [6.07, 6.45) is 2.25. The van der Waals surface area contributed by atoms with Crippen molar-refractivity contribution in [3.05, 3.63) is 71.3 Å². The molecule has 0 aliphatic heterocycles. The van der Waals surface area contributed by atoms with Crippen molar-refractivity contribution in [2.24, 2.45) is 5.92 Å². The highest BCUT2D eigenvalue weighted by molar-refractivity contribution is 5.77. The Morgan fingerprint density at radius 1 is 1.03 bits per heavy atom. The van der Waals surface area contributed by atoms with Gasteiger partial charge in [-0.3, -0.25) is 10.0 Å². The number of amides is 1. The molecule has 3 N–H and O–H groups in total. The van der Waals surface area contributed by atoms with Gasteiger partial charge < -0.3 is 10.1 Å². The third-order valence-electron chi connectivity index (χ3n) is 4.90. The smallest absolute Gasteiger partial charge is 0.246 e. The summed E-state index contributed by atoms with van der Waals surface area (Å²) in [7, 11) is 1.54. The molecule has 0 heterocycles. The zero-order valence-corrected chi connectivity index (χ0v) is 16.5. The lowest BCUT2D eigenvalue weighted by Crippen LogP contribution is -2.29. The highest BCUT2D eigenvalue weighted by atomic mass is 19.1. The fraction of sp³-hybridized carbons (Fsp3) is 0.409. The molecule has 0 fully saturated rings. The molecule has 0 spiro atoms. The maximum Gasteiger partial charge on any atom is 0.246 e. The molecule has 2 rings (SSSR count). The molecule has 158 valence electrons. The first kappa shape index (κ1) is 22.9. The van der Waals surface area contributed by atoms with Crippen LogP contribution in [0.5, 0.6) is 0 Å². The third kappa shape index (κ3) is 7.89. The van der Waals surface area contributed by atoms with Gasteiger partial charge in [-0.25, -0.2) is 14.3 Å². The zero-order valence-electron chi connectivity index (χ0n) is 16.5. The molecule has 2 atom stereocenters. The van der Waals surface area contributed by atoms with Crippen LogP contribution >= 0.6 is 0 Å². The van der Waals surface area contributed by atoms with Crippen LogP contribution in [-0.2, 0) is 16.1 Å². The Morgan fingerprint density at radius 2 is 1.66 bits per heavy atom. The average Bonchev–Trinajstić information content (AvgIpc) is 2.74. The number of unbranched alkanes of at least 4 members (excludes halogenated alkanes) is 1. The standard InChI is InChI=1S/C22H28F2N2O3/c1-29-21(17-7-11-20(24)12-8-17)14-18(22(27)26-28)4-2-3-13-25-15-16-5-9-19(23)10-6-16/h5-12,18,21,25,28H,2-4,13-15H2,1H3,(H,26,27)/t18-,21+/m0/s1. The number of carbonyl (C=O) groups is 1. The minimum Gasteiger partial charge on any atom is -0.377 e. The Kier molecular flexibility index (Phi) is 9.70. The molecule has 0 aliphatic carbocycles. The van der Waals surface area contributed by atoms with Gasteiger partial charge in [0, 0.05) is 19.6 Å². The van der Waals surface area contributed by atoms with Gasteiger partial charge in [0.15, 0.2) is 0 Å². The van der Waals surface area contributed by atoms with Crippen LogP contribution in [0.15, 0.2) is 48.5 Å². The van der Waals surface area contributed by atoms with Gasteiger partial charge in [-0.2, -0.15) is 0 Å². The van der Waals surface area contributed by atoms with Crippen molar-refractivity contribution in [2.75, 3.05) is 13.7 Å². The topological polar surface area (TPSA) is 70.6 Å². The van der Waals surface area contributed by atoms with Gasteiger partial charge in [-0.15, -0.1) is 0 Å². The number of nitrogens with one attached hydrogen (secondary N) is 2. The van der Waals surface area contributed by atoms with Crippen molar-refractivity contribution in [3.63, 3.8) is 0 Å². The van der Waals surface area contributed by atoms with Gasteiger partial charge in [0.2, 0.25) is 5.91 Å². The molecule has 0 aliphatic rings. The van der Waals surface area contributed by atoms with Crippen molar-refractivity contribution >= 4 is 5.91 Å². The Hall–Kier alpha value is -2.35. The fourth-order valence-corrected chi connectivity index (χ4v) is 3.23. The molecule has 29 heavy (non-hydrogen) atoms. The molecule has 0 radical (unpaired) electrons. The van der Waals surface area contributed by atoms with Gasteiger partial charge in [-0.05, 0) is 61.2 Å². The third-order valence-corrected chi connectivity index (χ3v) is 4.90. The van der Waals surface area contributed by atoms with E-state index in [2.05, 4.69) is 5.32 Å². The van der Waals surface area contributed by atoms with Gasteiger partial charge >= 0.3 is 0 Å². The highest BCUT2D eigenvalue weighted by Gasteiger charge is 2.23. The summed E-state index contributed by atoms with van der Waals surface area (Å²) in [5.41, 5.74) is 3.52. The summed E-state index contributed by atoms with van der Waals surface area (Å²) in [5, 5.41) is 12.3. The summed E-state index contributed by atoms with van der Waals surface area (Å²) >= 11 is 0. The second-order valence-corrected chi connectivity index (χ2v) is 6.98. The van der Waals surface area contributed by atoms with E-state index >= 15 is 0 Å². The first-order chi connectivity index (χ1) is 14.0. The second-order valence-electron chi connectivity index (χ2n) is 6.98. The lowest BCUT2D eigenvalue weighted by Gasteiger charge is -2.22.